The highest BCUT2D eigenvalue weighted by molar-refractivity contribution is 6.12. The van der Waals surface area contributed by atoms with Crippen LogP contribution < -0.4 is 5.32 Å². The van der Waals surface area contributed by atoms with Gasteiger partial charge in [0.25, 0.3) is 0 Å². The van der Waals surface area contributed by atoms with Gasteiger partial charge >= 0.3 is 0 Å². The van der Waals surface area contributed by atoms with Crippen LogP contribution in [0.25, 0.3) is 0 Å². The first-order chi connectivity index (χ1) is 8.70. The zero-order valence-corrected chi connectivity index (χ0v) is 9.77. The van der Waals surface area contributed by atoms with E-state index < -0.39 is 17.2 Å². The van der Waals surface area contributed by atoms with Crippen LogP contribution in [-0.2, 0) is 21.4 Å². The lowest BCUT2D eigenvalue weighted by Crippen LogP contribution is -2.42. The van der Waals surface area contributed by atoms with Crippen molar-refractivity contribution in [3.63, 3.8) is 0 Å². The number of carbonyl (C=O) groups is 2. The first kappa shape index (κ1) is 11.0. The SMILES string of the molecule is N#CC1C(=O)NC(=O)C12CCCc1ccccc12. The van der Waals surface area contributed by atoms with E-state index in [2.05, 4.69) is 5.32 Å². The third kappa shape index (κ3) is 1.19. The fourth-order valence-electron chi connectivity index (χ4n) is 3.22. The van der Waals surface area contributed by atoms with Crippen LogP contribution in [0.15, 0.2) is 24.3 Å². The van der Waals surface area contributed by atoms with Crippen molar-refractivity contribution in [2.45, 2.75) is 24.7 Å². The molecule has 1 aliphatic carbocycles. The van der Waals surface area contributed by atoms with Crippen LogP contribution in [0.5, 0.6) is 0 Å². The number of hydrogen-bond donors (Lipinski definition) is 1. The van der Waals surface area contributed by atoms with E-state index in [-0.39, 0.29) is 5.91 Å². The molecule has 3 rings (SSSR count). The van der Waals surface area contributed by atoms with Crippen LogP contribution >= 0.6 is 0 Å². The second-order valence-electron chi connectivity index (χ2n) is 4.86. The summed E-state index contributed by atoms with van der Waals surface area (Å²) in [6.45, 7) is 0. The molecular weight excluding hydrogens is 228 g/mol. The monoisotopic (exact) mass is 240 g/mol. The Morgan fingerprint density at radius 3 is 2.89 bits per heavy atom. The average Bonchev–Trinajstić information content (AvgIpc) is 2.62. The van der Waals surface area contributed by atoms with Crippen LogP contribution in [0, 0.1) is 17.2 Å². The lowest BCUT2D eigenvalue weighted by molar-refractivity contribution is -0.126. The van der Waals surface area contributed by atoms with Gasteiger partial charge in [-0.15, -0.1) is 0 Å². The molecule has 1 aromatic carbocycles. The summed E-state index contributed by atoms with van der Waals surface area (Å²) in [7, 11) is 0. The lowest BCUT2D eigenvalue weighted by Gasteiger charge is -2.34. The summed E-state index contributed by atoms with van der Waals surface area (Å²) in [5.74, 6) is -1.67. The molecule has 90 valence electrons. The van der Waals surface area contributed by atoms with E-state index in [4.69, 9.17) is 0 Å². The van der Waals surface area contributed by atoms with Gasteiger partial charge in [-0.25, -0.2) is 0 Å². The number of nitrogens with zero attached hydrogens (tertiary/aromatic N) is 1. The van der Waals surface area contributed by atoms with E-state index in [1.54, 1.807) is 0 Å². The van der Waals surface area contributed by atoms with Crippen molar-refractivity contribution >= 4 is 11.8 Å². The number of rotatable bonds is 0. The summed E-state index contributed by atoms with van der Waals surface area (Å²) >= 11 is 0. The van der Waals surface area contributed by atoms with Crippen LogP contribution in [0.3, 0.4) is 0 Å². The normalized spacial score (nSPS) is 29.8. The molecule has 2 unspecified atom stereocenters. The smallest absolute Gasteiger partial charge is 0.245 e. The highest BCUT2D eigenvalue weighted by Crippen LogP contribution is 2.45. The van der Waals surface area contributed by atoms with Crippen LogP contribution in [-0.4, -0.2) is 11.8 Å². The fourth-order valence-corrected chi connectivity index (χ4v) is 3.22. The largest absolute Gasteiger partial charge is 0.294 e. The van der Waals surface area contributed by atoms with Crippen molar-refractivity contribution in [1.82, 2.24) is 5.32 Å². The maximum absolute atomic E-state index is 12.2. The number of hydrogen-bond acceptors (Lipinski definition) is 3. The van der Waals surface area contributed by atoms with Crippen molar-refractivity contribution in [3.05, 3.63) is 35.4 Å². The van der Waals surface area contributed by atoms with E-state index in [1.807, 2.05) is 30.3 Å². The third-order valence-corrected chi connectivity index (χ3v) is 4.04. The summed E-state index contributed by atoms with van der Waals surface area (Å²) in [6, 6.07) is 9.64. The van der Waals surface area contributed by atoms with E-state index in [9.17, 15) is 14.9 Å². The van der Waals surface area contributed by atoms with Gasteiger partial charge in [-0.1, -0.05) is 24.3 Å². The summed E-state index contributed by atoms with van der Waals surface area (Å²) in [5.41, 5.74) is 0.973. The topological polar surface area (TPSA) is 70.0 Å². The Bertz CT molecular complexity index is 588. The summed E-state index contributed by atoms with van der Waals surface area (Å²) in [5, 5.41) is 11.6. The van der Waals surface area contributed by atoms with Gasteiger partial charge in [0, 0.05) is 0 Å². The fraction of sp³-hybridized carbons (Fsp3) is 0.357. The molecule has 2 amide bonds. The molecular formula is C14H12N2O2. The van der Waals surface area contributed by atoms with Crippen molar-refractivity contribution in [2.24, 2.45) is 5.92 Å². The van der Waals surface area contributed by atoms with Crippen LogP contribution in [0.1, 0.15) is 24.0 Å². The minimum absolute atomic E-state index is 0.314. The number of benzene rings is 1. The maximum Gasteiger partial charge on any atom is 0.245 e. The van der Waals surface area contributed by atoms with Gasteiger partial charge < -0.3 is 0 Å². The minimum Gasteiger partial charge on any atom is -0.294 e. The Labute approximate surface area is 105 Å². The standard InChI is InChI=1S/C14H12N2O2/c15-8-11-12(17)16-13(18)14(11)7-3-5-9-4-1-2-6-10(9)14/h1-2,4,6,11H,3,5,7H2,(H,16,17,18). The van der Waals surface area contributed by atoms with Gasteiger partial charge in [0.15, 0.2) is 0 Å². The number of nitriles is 1. The van der Waals surface area contributed by atoms with Gasteiger partial charge in [-0.3, -0.25) is 14.9 Å². The van der Waals surface area contributed by atoms with Gasteiger partial charge in [0.1, 0.15) is 5.92 Å². The molecule has 4 nitrogen and oxygen atoms in total. The molecule has 1 saturated heterocycles. The summed E-state index contributed by atoms with van der Waals surface area (Å²) in [4.78, 5) is 24.0. The molecule has 0 radical (unpaired) electrons. The Morgan fingerprint density at radius 1 is 1.33 bits per heavy atom. The minimum atomic E-state index is -0.958. The first-order valence-electron chi connectivity index (χ1n) is 6.03. The van der Waals surface area contributed by atoms with E-state index in [0.717, 1.165) is 24.0 Å². The van der Waals surface area contributed by atoms with E-state index >= 15 is 0 Å². The average molecular weight is 240 g/mol. The molecule has 0 aromatic heterocycles. The van der Waals surface area contributed by atoms with E-state index in [0.29, 0.717) is 6.42 Å². The molecule has 1 aromatic rings. The predicted molar refractivity (Wildman–Crippen MR) is 63.3 cm³/mol. The number of amides is 2. The van der Waals surface area contributed by atoms with Crippen LogP contribution in [0.2, 0.25) is 0 Å². The first-order valence-corrected chi connectivity index (χ1v) is 6.03. The predicted octanol–water partition coefficient (Wildman–Crippen LogP) is 1.06. The zero-order valence-electron chi connectivity index (χ0n) is 9.77. The van der Waals surface area contributed by atoms with Crippen molar-refractivity contribution < 1.29 is 9.59 Å². The van der Waals surface area contributed by atoms with E-state index in [1.165, 1.54) is 0 Å². The summed E-state index contributed by atoms with van der Waals surface area (Å²) in [6.07, 6.45) is 2.30. The van der Waals surface area contributed by atoms with Crippen molar-refractivity contribution in [3.8, 4) is 6.07 Å². The zero-order chi connectivity index (χ0) is 12.8. The number of nitrogens with one attached hydrogen (secondary N) is 1. The molecule has 0 saturated carbocycles. The quantitative estimate of drug-likeness (QED) is 0.689. The lowest BCUT2D eigenvalue weighted by atomic mass is 9.64. The van der Waals surface area contributed by atoms with Crippen molar-refractivity contribution in [1.29, 1.82) is 5.26 Å². The molecule has 0 bridgehead atoms. The second-order valence-corrected chi connectivity index (χ2v) is 4.86. The Kier molecular flexibility index (Phi) is 2.24. The highest BCUT2D eigenvalue weighted by atomic mass is 16.2. The Morgan fingerprint density at radius 2 is 2.11 bits per heavy atom. The van der Waals surface area contributed by atoms with Crippen molar-refractivity contribution in [2.75, 3.05) is 0 Å². The summed E-state index contributed by atoms with van der Waals surface area (Å²) < 4.78 is 0. The molecule has 2 atom stereocenters. The highest BCUT2D eigenvalue weighted by Gasteiger charge is 2.57. The van der Waals surface area contributed by atoms with Gasteiger partial charge in [0.05, 0.1) is 11.5 Å². The number of aryl methyl sites for hydroxylation is 1. The molecule has 1 spiro atoms. The third-order valence-electron chi connectivity index (χ3n) is 4.04. The molecule has 1 heterocycles. The number of imide groups is 1. The molecule has 2 aliphatic rings. The Hall–Kier alpha value is -2.15. The maximum atomic E-state index is 12.2. The molecule has 18 heavy (non-hydrogen) atoms. The second kappa shape index (κ2) is 3.67. The number of fused-ring (bicyclic) bond motifs is 2. The molecule has 4 heteroatoms. The molecule has 1 aliphatic heterocycles. The molecule has 1 N–H and O–H groups in total. The molecule has 1 fully saturated rings. The Balaban J connectivity index is 2.25. The van der Waals surface area contributed by atoms with Gasteiger partial charge in [0.2, 0.25) is 11.8 Å². The van der Waals surface area contributed by atoms with Gasteiger partial charge in [-0.05, 0) is 30.4 Å². The van der Waals surface area contributed by atoms with Gasteiger partial charge in [-0.2, -0.15) is 5.26 Å². The van der Waals surface area contributed by atoms with Crippen LogP contribution in [0.4, 0.5) is 0 Å². The number of carbonyl (C=O) groups excluding carboxylic acids is 2.